The Bertz CT molecular complexity index is 966. The number of rotatable bonds is 7. The summed E-state index contributed by atoms with van der Waals surface area (Å²) in [6.07, 6.45) is 0.915. The van der Waals surface area contributed by atoms with Crippen LogP contribution in [0, 0.1) is 0 Å². The van der Waals surface area contributed by atoms with Crippen LogP contribution in [0.5, 0.6) is 0 Å². The molecule has 0 saturated carbocycles. The van der Waals surface area contributed by atoms with E-state index in [2.05, 4.69) is 102 Å². The van der Waals surface area contributed by atoms with Gasteiger partial charge in [0.25, 0.3) is 0 Å². The molecule has 0 aliphatic rings. The molecule has 0 radical (unpaired) electrons. The van der Waals surface area contributed by atoms with Gasteiger partial charge < -0.3 is 10.6 Å². The van der Waals surface area contributed by atoms with Crippen LogP contribution < -0.4 is 10.6 Å². The maximum absolute atomic E-state index is 5.79. The fourth-order valence-corrected chi connectivity index (χ4v) is 3.54. The fraction of sp³-hybridized carbons (Fsp3) is 0.111. The molecule has 0 atom stereocenters. The lowest BCUT2D eigenvalue weighted by Crippen LogP contribution is -2.22. The second-order valence-corrected chi connectivity index (χ2v) is 7.41. The number of benzene rings is 4. The Labute approximate surface area is 173 Å². The van der Waals surface area contributed by atoms with E-state index in [9.17, 15) is 0 Å². The average molecular weight is 379 g/mol. The van der Waals surface area contributed by atoms with Crippen molar-refractivity contribution in [2.24, 2.45) is 0 Å². The molecule has 4 aromatic carbocycles. The van der Waals surface area contributed by atoms with Gasteiger partial charge in [0.1, 0.15) is 0 Å². The Morgan fingerprint density at radius 1 is 0.483 bits per heavy atom. The molecule has 0 aliphatic heterocycles. The number of nitrogens with zero attached hydrogens (tertiary/aromatic N) is 1. The minimum atomic E-state index is 0.807. The van der Waals surface area contributed by atoms with E-state index in [1.165, 1.54) is 27.9 Å². The molecule has 29 heavy (non-hydrogen) atoms. The molecule has 4 rings (SSSR count). The molecule has 0 aliphatic carbocycles. The molecule has 144 valence electrons. The van der Waals surface area contributed by atoms with Crippen LogP contribution in [-0.2, 0) is 19.5 Å². The molecule has 0 aromatic heterocycles. The lowest BCUT2D eigenvalue weighted by Gasteiger charge is -2.25. The van der Waals surface area contributed by atoms with Crippen LogP contribution in [0.2, 0.25) is 0 Å². The predicted octanol–water partition coefficient (Wildman–Crippen LogP) is 6.07. The quantitative estimate of drug-likeness (QED) is 0.396. The van der Waals surface area contributed by atoms with Crippen molar-refractivity contribution in [3.63, 3.8) is 0 Å². The first kappa shape index (κ1) is 18.8. The van der Waals surface area contributed by atoms with Crippen molar-refractivity contribution in [3.8, 4) is 0 Å². The van der Waals surface area contributed by atoms with Gasteiger partial charge in [0.05, 0.1) is 0 Å². The minimum Gasteiger partial charge on any atom is -0.399 e. The molecular formula is C27H26N2. The van der Waals surface area contributed by atoms with Crippen molar-refractivity contribution in [2.75, 3.05) is 10.6 Å². The molecule has 0 fully saturated rings. The van der Waals surface area contributed by atoms with Gasteiger partial charge in [-0.3, -0.25) is 0 Å². The van der Waals surface area contributed by atoms with Crippen molar-refractivity contribution in [1.82, 2.24) is 0 Å². The summed E-state index contributed by atoms with van der Waals surface area (Å²) < 4.78 is 0. The zero-order valence-corrected chi connectivity index (χ0v) is 16.5. The van der Waals surface area contributed by atoms with Crippen LogP contribution in [0.1, 0.15) is 22.3 Å². The van der Waals surface area contributed by atoms with Crippen LogP contribution in [0.3, 0.4) is 0 Å². The van der Waals surface area contributed by atoms with E-state index in [1.807, 2.05) is 12.1 Å². The fourth-order valence-electron chi connectivity index (χ4n) is 3.54. The minimum absolute atomic E-state index is 0.807. The van der Waals surface area contributed by atoms with Gasteiger partial charge in [-0.1, -0.05) is 84.9 Å². The maximum Gasteiger partial charge on any atom is 0.0433 e. The van der Waals surface area contributed by atoms with Crippen LogP contribution in [-0.4, -0.2) is 0 Å². The third kappa shape index (κ3) is 5.26. The van der Waals surface area contributed by atoms with Crippen molar-refractivity contribution in [3.05, 3.63) is 131 Å². The van der Waals surface area contributed by atoms with E-state index < -0.39 is 0 Å². The van der Waals surface area contributed by atoms with Crippen LogP contribution in [0.4, 0.5) is 11.4 Å². The SMILES string of the molecule is Nc1ccc(Cc2ccc(N(Cc3ccccc3)Cc3ccccc3)cc2)cc1. The lowest BCUT2D eigenvalue weighted by molar-refractivity contribution is 0.799. The summed E-state index contributed by atoms with van der Waals surface area (Å²) >= 11 is 0. The third-order valence-electron chi connectivity index (χ3n) is 5.12. The van der Waals surface area contributed by atoms with Gasteiger partial charge in [0.2, 0.25) is 0 Å². The van der Waals surface area contributed by atoms with E-state index in [1.54, 1.807) is 0 Å². The molecule has 4 aromatic rings. The zero-order valence-electron chi connectivity index (χ0n) is 16.5. The molecule has 2 heteroatoms. The highest BCUT2D eigenvalue weighted by molar-refractivity contribution is 5.50. The van der Waals surface area contributed by atoms with Gasteiger partial charge in [-0.15, -0.1) is 0 Å². The van der Waals surface area contributed by atoms with E-state index in [0.29, 0.717) is 0 Å². The van der Waals surface area contributed by atoms with Crippen molar-refractivity contribution in [1.29, 1.82) is 0 Å². The van der Waals surface area contributed by atoms with E-state index in [4.69, 9.17) is 5.73 Å². The molecule has 0 unspecified atom stereocenters. The van der Waals surface area contributed by atoms with Gasteiger partial charge in [-0.05, 0) is 52.9 Å². The number of anilines is 2. The summed E-state index contributed by atoms with van der Waals surface area (Å²) in [5.74, 6) is 0. The lowest BCUT2D eigenvalue weighted by atomic mass is 10.0. The standard InChI is InChI=1S/C27H26N2/c28-26-15-11-22(12-16-26)19-23-13-17-27(18-14-23)29(20-24-7-3-1-4-8-24)21-25-9-5-2-6-10-25/h1-18H,19-21,28H2. The van der Waals surface area contributed by atoms with Gasteiger partial charge in [-0.25, -0.2) is 0 Å². The normalized spacial score (nSPS) is 10.6. The molecule has 0 spiro atoms. The maximum atomic E-state index is 5.79. The second kappa shape index (κ2) is 9.11. The summed E-state index contributed by atoms with van der Waals surface area (Å²) in [4.78, 5) is 2.43. The molecular weight excluding hydrogens is 352 g/mol. The first-order chi connectivity index (χ1) is 14.3. The summed E-state index contributed by atoms with van der Waals surface area (Å²) in [7, 11) is 0. The van der Waals surface area contributed by atoms with Crippen molar-refractivity contribution in [2.45, 2.75) is 19.5 Å². The van der Waals surface area contributed by atoms with Crippen molar-refractivity contribution < 1.29 is 0 Å². The Balaban J connectivity index is 1.53. The van der Waals surface area contributed by atoms with Gasteiger partial charge >= 0.3 is 0 Å². The Kier molecular flexibility index (Phi) is 5.92. The van der Waals surface area contributed by atoms with Gasteiger partial charge in [0.15, 0.2) is 0 Å². The Morgan fingerprint density at radius 2 is 0.931 bits per heavy atom. The molecule has 0 saturated heterocycles. The number of nitrogens with two attached hydrogens (primary N) is 1. The average Bonchev–Trinajstić information content (AvgIpc) is 2.77. The summed E-state index contributed by atoms with van der Waals surface area (Å²) in [6, 6.07) is 38.3. The first-order valence-corrected chi connectivity index (χ1v) is 10.0. The van der Waals surface area contributed by atoms with Crippen LogP contribution in [0.25, 0.3) is 0 Å². The first-order valence-electron chi connectivity index (χ1n) is 10.0. The molecule has 0 heterocycles. The molecule has 2 nitrogen and oxygen atoms in total. The number of hydrogen-bond donors (Lipinski definition) is 1. The van der Waals surface area contributed by atoms with Gasteiger partial charge in [0, 0.05) is 24.5 Å². The summed E-state index contributed by atoms with van der Waals surface area (Å²) in [6.45, 7) is 1.76. The Morgan fingerprint density at radius 3 is 1.41 bits per heavy atom. The predicted molar refractivity (Wildman–Crippen MR) is 123 cm³/mol. The monoisotopic (exact) mass is 378 g/mol. The highest BCUT2D eigenvalue weighted by Gasteiger charge is 2.09. The topological polar surface area (TPSA) is 29.3 Å². The zero-order chi connectivity index (χ0) is 19.9. The van der Waals surface area contributed by atoms with E-state index >= 15 is 0 Å². The Hall–Kier alpha value is -3.52. The highest BCUT2D eigenvalue weighted by Crippen LogP contribution is 2.22. The van der Waals surface area contributed by atoms with Crippen LogP contribution >= 0.6 is 0 Å². The smallest absolute Gasteiger partial charge is 0.0433 e. The molecule has 0 bridgehead atoms. The summed E-state index contributed by atoms with van der Waals surface area (Å²) in [5.41, 5.74) is 13.0. The summed E-state index contributed by atoms with van der Waals surface area (Å²) in [5, 5.41) is 0. The van der Waals surface area contributed by atoms with E-state index in [0.717, 1.165) is 25.2 Å². The number of nitrogen functional groups attached to an aromatic ring is 1. The van der Waals surface area contributed by atoms with Crippen molar-refractivity contribution >= 4 is 11.4 Å². The van der Waals surface area contributed by atoms with E-state index in [-0.39, 0.29) is 0 Å². The largest absolute Gasteiger partial charge is 0.399 e. The highest BCUT2D eigenvalue weighted by atomic mass is 15.1. The van der Waals surface area contributed by atoms with Gasteiger partial charge in [-0.2, -0.15) is 0 Å². The molecule has 0 amide bonds. The van der Waals surface area contributed by atoms with Crippen LogP contribution in [0.15, 0.2) is 109 Å². The third-order valence-corrected chi connectivity index (χ3v) is 5.12. The molecule has 2 N–H and O–H groups in total. The number of hydrogen-bond acceptors (Lipinski definition) is 2. The second-order valence-electron chi connectivity index (χ2n) is 7.41.